The number of rotatable bonds is 3. The molecule has 1 atom stereocenters. The zero-order valence-electron chi connectivity index (χ0n) is 13.8. The molecule has 24 heavy (non-hydrogen) atoms. The van der Waals surface area contributed by atoms with Crippen molar-refractivity contribution in [2.45, 2.75) is 32.7 Å². The van der Waals surface area contributed by atoms with Crippen LogP contribution in [0.25, 0.3) is 0 Å². The molecule has 1 aliphatic rings. The van der Waals surface area contributed by atoms with E-state index in [0.29, 0.717) is 17.9 Å². The number of nitrogens with one attached hydrogen (secondary N) is 2. The van der Waals surface area contributed by atoms with Crippen molar-refractivity contribution in [3.8, 4) is 6.07 Å². The van der Waals surface area contributed by atoms with Crippen molar-refractivity contribution in [1.82, 2.24) is 15.0 Å². The van der Waals surface area contributed by atoms with Crippen LogP contribution in [-0.4, -0.2) is 34.1 Å². The molecule has 2 aromatic heterocycles. The summed E-state index contributed by atoms with van der Waals surface area (Å²) in [4.78, 5) is 25.1. The molecule has 0 spiro atoms. The first-order valence-corrected chi connectivity index (χ1v) is 8.02. The Morgan fingerprint density at radius 3 is 3.04 bits per heavy atom. The maximum absolute atomic E-state index is 11.9. The van der Waals surface area contributed by atoms with Crippen molar-refractivity contribution in [2.75, 3.05) is 23.3 Å². The molecule has 2 N–H and O–H groups in total. The van der Waals surface area contributed by atoms with Gasteiger partial charge < -0.3 is 15.2 Å². The molecule has 0 radical (unpaired) electrons. The first-order valence-electron chi connectivity index (χ1n) is 8.02. The fourth-order valence-corrected chi connectivity index (χ4v) is 3.16. The molecule has 124 valence electrons. The van der Waals surface area contributed by atoms with Crippen molar-refractivity contribution in [2.24, 2.45) is 0 Å². The van der Waals surface area contributed by atoms with E-state index in [0.717, 1.165) is 36.5 Å². The Labute approximate surface area is 140 Å². The summed E-state index contributed by atoms with van der Waals surface area (Å²) in [6.07, 6.45) is 5.06. The average molecular weight is 324 g/mol. The average Bonchev–Trinajstić information content (AvgIpc) is 2.55. The first kappa shape index (κ1) is 16.0. The Bertz CT molecular complexity index is 838. The Morgan fingerprint density at radius 2 is 2.29 bits per heavy atom. The molecule has 0 saturated carbocycles. The molecule has 0 aliphatic carbocycles. The number of pyridine rings is 1. The second-order valence-corrected chi connectivity index (χ2v) is 6.05. The van der Waals surface area contributed by atoms with Gasteiger partial charge in [-0.2, -0.15) is 5.26 Å². The summed E-state index contributed by atoms with van der Waals surface area (Å²) in [7, 11) is 0. The summed E-state index contributed by atoms with van der Waals surface area (Å²) in [5.74, 6) is 0.451. The molecule has 2 aromatic rings. The maximum Gasteiger partial charge on any atom is 0.290 e. The number of aryl methyl sites for hydroxylation is 2. The van der Waals surface area contributed by atoms with Gasteiger partial charge in [0.05, 0.1) is 16.9 Å². The van der Waals surface area contributed by atoms with Crippen molar-refractivity contribution < 1.29 is 0 Å². The molecule has 0 bridgehead atoms. The lowest BCUT2D eigenvalue weighted by atomic mass is 10.0. The zero-order valence-corrected chi connectivity index (χ0v) is 13.8. The largest absolute Gasteiger partial charge is 0.379 e. The number of piperidine rings is 1. The van der Waals surface area contributed by atoms with Crippen molar-refractivity contribution in [3.05, 3.63) is 45.8 Å². The van der Waals surface area contributed by atoms with Gasteiger partial charge in [-0.25, -0.2) is 4.98 Å². The van der Waals surface area contributed by atoms with Crippen molar-refractivity contribution in [3.63, 3.8) is 0 Å². The van der Waals surface area contributed by atoms with Crippen LogP contribution in [0, 0.1) is 25.2 Å². The van der Waals surface area contributed by atoms with E-state index in [1.165, 1.54) is 6.20 Å². The molecule has 3 heterocycles. The molecule has 1 aliphatic heterocycles. The van der Waals surface area contributed by atoms with Crippen LogP contribution in [0.15, 0.2) is 23.3 Å². The molecule has 0 aromatic carbocycles. The number of hydrogen-bond acceptors (Lipinski definition) is 6. The highest BCUT2D eigenvalue weighted by Gasteiger charge is 2.23. The molecule has 7 heteroatoms. The predicted molar refractivity (Wildman–Crippen MR) is 92.1 cm³/mol. The van der Waals surface area contributed by atoms with Crippen LogP contribution in [0.1, 0.15) is 29.8 Å². The fraction of sp³-hybridized carbons (Fsp3) is 0.412. The molecule has 3 rings (SSSR count). The smallest absolute Gasteiger partial charge is 0.290 e. The quantitative estimate of drug-likeness (QED) is 0.892. The van der Waals surface area contributed by atoms with Gasteiger partial charge in [-0.3, -0.25) is 9.78 Å². The van der Waals surface area contributed by atoms with E-state index in [9.17, 15) is 10.1 Å². The summed E-state index contributed by atoms with van der Waals surface area (Å²) in [6.45, 7) is 5.24. The lowest BCUT2D eigenvalue weighted by Crippen LogP contribution is -2.44. The van der Waals surface area contributed by atoms with Crippen LogP contribution in [0.2, 0.25) is 0 Å². The van der Waals surface area contributed by atoms with Gasteiger partial charge in [0.15, 0.2) is 5.82 Å². The summed E-state index contributed by atoms with van der Waals surface area (Å²) in [5, 5.41) is 12.8. The fourth-order valence-electron chi connectivity index (χ4n) is 3.16. The minimum Gasteiger partial charge on any atom is -0.379 e. The van der Waals surface area contributed by atoms with E-state index in [-0.39, 0.29) is 11.6 Å². The Balaban J connectivity index is 1.81. The van der Waals surface area contributed by atoms with Crippen LogP contribution in [0.4, 0.5) is 11.5 Å². The van der Waals surface area contributed by atoms with Crippen molar-refractivity contribution in [1.29, 1.82) is 5.26 Å². The van der Waals surface area contributed by atoms with Crippen LogP contribution in [0.5, 0.6) is 0 Å². The number of hydrogen-bond donors (Lipinski definition) is 2. The summed E-state index contributed by atoms with van der Waals surface area (Å²) >= 11 is 0. The van der Waals surface area contributed by atoms with Gasteiger partial charge in [0, 0.05) is 37.2 Å². The van der Waals surface area contributed by atoms with Gasteiger partial charge in [0.1, 0.15) is 6.07 Å². The van der Waals surface area contributed by atoms with Crippen LogP contribution < -0.4 is 15.8 Å². The summed E-state index contributed by atoms with van der Waals surface area (Å²) < 4.78 is 0. The van der Waals surface area contributed by atoms with E-state index in [2.05, 4.69) is 26.3 Å². The number of aromatic nitrogens is 3. The molecule has 0 amide bonds. The third kappa shape index (κ3) is 3.23. The molecule has 1 saturated heterocycles. The van der Waals surface area contributed by atoms with Gasteiger partial charge >= 0.3 is 0 Å². The Hall–Kier alpha value is -2.88. The first-order chi connectivity index (χ1) is 11.6. The highest BCUT2D eigenvalue weighted by Crippen LogP contribution is 2.23. The Morgan fingerprint density at radius 1 is 1.46 bits per heavy atom. The van der Waals surface area contributed by atoms with Gasteiger partial charge in [-0.05, 0) is 32.8 Å². The third-order valence-electron chi connectivity index (χ3n) is 4.21. The molecular formula is C17H20N6O. The predicted octanol–water partition coefficient (Wildman–Crippen LogP) is 1.73. The van der Waals surface area contributed by atoms with Crippen molar-refractivity contribution >= 4 is 11.5 Å². The number of H-pyrrole nitrogens is 1. The van der Waals surface area contributed by atoms with Crippen LogP contribution in [-0.2, 0) is 0 Å². The second-order valence-electron chi connectivity index (χ2n) is 6.05. The monoisotopic (exact) mass is 324 g/mol. The highest BCUT2D eigenvalue weighted by molar-refractivity contribution is 5.60. The number of aromatic amines is 1. The third-order valence-corrected chi connectivity index (χ3v) is 4.21. The minimum absolute atomic E-state index is 0.147. The number of anilines is 2. The lowest BCUT2D eigenvalue weighted by molar-refractivity contribution is 0.525. The van der Waals surface area contributed by atoms with Gasteiger partial charge in [-0.1, -0.05) is 0 Å². The molecule has 1 unspecified atom stereocenters. The topological polar surface area (TPSA) is 97.7 Å². The summed E-state index contributed by atoms with van der Waals surface area (Å²) in [5.41, 5.74) is 2.82. The lowest BCUT2D eigenvalue weighted by Gasteiger charge is -2.34. The Kier molecular flexibility index (Phi) is 4.47. The van der Waals surface area contributed by atoms with E-state index in [4.69, 9.17) is 0 Å². The molecule has 7 nitrogen and oxygen atoms in total. The van der Waals surface area contributed by atoms with E-state index >= 15 is 0 Å². The molecule has 1 fully saturated rings. The minimum atomic E-state index is -0.175. The van der Waals surface area contributed by atoms with E-state index in [1.807, 2.05) is 24.8 Å². The summed E-state index contributed by atoms with van der Waals surface area (Å²) in [6, 6.07) is 4.27. The van der Waals surface area contributed by atoms with Crippen LogP contribution in [0.3, 0.4) is 0 Å². The molecular weight excluding hydrogens is 304 g/mol. The highest BCUT2D eigenvalue weighted by atomic mass is 16.1. The van der Waals surface area contributed by atoms with Gasteiger partial charge in [-0.15, -0.1) is 0 Å². The van der Waals surface area contributed by atoms with Crippen LogP contribution >= 0.6 is 0 Å². The zero-order chi connectivity index (χ0) is 17.1. The van der Waals surface area contributed by atoms with Gasteiger partial charge in [0.25, 0.3) is 5.56 Å². The standard InChI is InChI=1S/C17H20N6O/c1-11-8-15(14(9-18)12(2)21-11)22-13-4-3-7-23(10-13)16-17(24)20-6-5-19-16/h5-6,8,13H,3-4,7,10H2,1-2H3,(H,20,24)(H,21,22). The SMILES string of the molecule is Cc1cc(NC2CCCN(c3ncc[nH]c3=O)C2)c(C#N)c(C)n1. The second kappa shape index (κ2) is 6.71. The maximum atomic E-state index is 11.9. The number of nitriles is 1. The normalized spacial score (nSPS) is 17.4. The van der Waals surface area contributed by atoms with E-state index in [1.54, 1.807) is 6.20 Å². The van der Waals surface area contributed by atoms with Gasteiger partial charge in [0.2, 0.25) is 0 Å². The van der Waals surface area contributed by atoms with E-state index < -0.39 is 0 Å². The number of nitrogens with zero attached hydrogens (tertiary/aromatic N) is 4.